The zero-order valence-corrected chi connectivity index (χ0v) is 16.4. The van der Waals surface area contributed by atoms with Gasteiger partial charge in [0.05, 0.1) is 6.42 Å². The third-order valence-corrected chi connectivity index (χ3v) is 6.64. The minimum Gasteiger partial charge on any atom is -0.352 e. The lowest BCUT2D eigenvalue weighted by Crippen LogP contribution is -2.59. The number of hydrogen-bond donors (Lipinski definition) is 2. The second kappa shape index (κ2) is 7.94. The molecule has 4 rings (SSSR count). The van der Waals surface area contributed by atoms with E-state index >= 15 is 0 Å². The van der Waals surface area contributed by atoms with Crippen LogP contribution in [0.2, 0.25) is 0 Å². The van der Waals surface area contributed by atoms with Crippen molar-refractivity contribution in [3.8, 4) is 0 Å². The minimum atomic E-state index is -0.739. The maximum absolute atomic E-state index is 12.7. The standard InChI is InChI=1S/C22H29N3O3/c1-2-12-25-21(27)17(23-22(25)28)13-18(26)24-20-16-11-7-6-10-15(16)19(20)14-8-4-3-5-9-14/h3-5,8-9,15-17,19-20H,2,6-7,10-13H2,1H3,(H,23,28)(H,24,26)/t15-,16-,17-,19+,20+/m1/s1. The van der Waals surface area contributed by atoms with Crippen LogP contribution in [0.25, 0.3) is 0 Å². The normalized spacial score (nSPS) is 31.8. The van der Waals surface area contributed by atoms with E-state index in [0.717, 1.165) is 6.42 Å². The molecule has 0 radical (unpaired) electrons. The summed E-state index contributed by atoms with van der Waals surface area (Å²) in [6.07, 6.45) is 5.59. The summed E-state index contributed by atoms with van der Waals surface area (Å²) >= 11 is 0. The summed E-state index contributed by atoms with van der Waals surface area (Å²) in [6, 6.07) is 9.43. The lowest BCUT2D eigenvalue weighted by Gasteiger charge is -2.55. The van der Waals surface area contributed by atoms with Gasteiger partial charge in [0.25, 0.3) is 5.91 Å². The first-order chi connectivity index (χ1) is 13.6. The first kappa shape index (κ1) is 19.0. The molecule has 5 atom stereocenters. The topological polar surface area (TPSA) is 78.5 Å². The number of fused-ring (bicyclic) bond motifs is 1. The first-order valence-corrected chi connectivity index (χ1v) is 10.6. The van der Waals surface area contributed by atoms with Gasteiger partial charge in [-0.25, -0.2) is 4.79 Å². The number of carbonyl (C=O) groups is 3. The first-order valence-electron chi connectivity index (χ1n) is 10.6. The van der Waals surface area contributed by atoms with Crippen LogP contribution in [0.5, 0.6) is 0 Å². The minimum absolute atomic E-state index is 0.0141. The molecule has 6 nitrogen and oxygen atoms in total. The van der Waals surface area contributed by atoms with Crippen LogP contribution in [-0.4, -0.2) is 41.4 Å². The smallest absolute Gasteiger partial charge is 0.324 e. The molecule has 1 aromatic carbocycles. The highest BCUT2D eigenvalue weighted by Crippen LogP contribution is 2.54. The number of imide groups is 1. The van der Waals surface area contributed by atoms with Crippen LogP contribution < -0.4 is 10.6 Å². The number of urea groups is 1. The molecule has 3 fully saturated rings. The van der Waals surface area contributed by atoms with E-state index in [-0.39, 0.29) is 30.3 Å². The van der Waals surface area contributed by atoms with Crippen LogP contribution in [0.15, 0.2) is 30.3 Å². The summed E-state index contributed by atoms with van der Waals surface area (Å²) < 4.78 is 0. The second-order valence-corrected chi connectivity index (χ2v) is 8.34. The lowest BCUT2D eigenvalue weighted by atomic mass is 9.53. The van der Waals surface area contributed by atoms with Crippen molar-refractivity contribution < 1.29 is 14.4 Å². The van der Waals surface area contributed by atoms with Crippen molar-refractivity contribution in [2.24, 2.45) is 11.8 Å². The number of benzene rings is 1. The van der Waals surface area contributed by atoms with Crippen molar-refractivity contribution in [2.75, 3.05) is 6.54 Å². The van der Waals surface area contributed by atoms with Gasteiger partial charge in [-0.05, 0) is 36.7 Å². The van der Waals surface area contributed by atoms with E-state index in [1.807, 2.05) is 13.0 Å². The van der Waals surface area contributed by atoms with E-state index in [1.54, 1.807) is 0 Å². The van der Waals surface area contributed by atoms with Crippen molar-refractivity contribution in [1.29, 1.82) is 0 Å². The molecule has 28 heavy (non-hydrogen) atoms. The summed E-state index contributed by atoms with van der Waals surface area (Å²) in [5.74, 6) is 1.07. The van der Waals surface area contributed by atoms with Gasteiger partial charge in [-0.2, -0.15) is 0 Å². The van der Waals surface area contributed by atoms with Gasteiger partial charge in [-0.15, -0.1) is 0 Å². The van der Waals surface area contributed by atoms with E-state index in [9.17, 15) is 14.4 Å². The Kier molecular flexibility index (Phi) is 5.38. The second-order valence-electron chi connectivity index (χ2n) is 8.34. The van der Waals surface area contributed by atoms with Gasteiger partial charge in [-0.3, -0.25) is 14.5 Å². The Labute approximate surface area is 166 Å². The highest BCUT2D eigenvalue weighted by Gasteiger charge is 2.52. The van der Waals surface area contributed by atoms with E-state index in [4.69, 9.17) is 0 Å². The summed E-state index contributed by atoms with van der Waals surface area (Å²) in [6.45, 7) is 2.31. The fourth-order valence-electron chi connectivity index (χ4n) is 5.37. The third kappa shape index (κ3) is 3.40. The molecular weight excluding hydrogens is 354 g/mol. The van der Waals surface area contributed by atoms with E-state index in [0.29, 0.717) is 30.7 Å². The molecule has 2 aliphatic carbocycles. The predicted octanol–water partition coefficient (Wildman–Crippen LogP) is 2.80. The molecule has 6 heteroatoms. The molecule has 0 unspecified atom stereocenters. The van der Waals surface area contributed by atoms with Crippen LogP contribution in [0.4, 0.5) is 4.79 Å². The average molecular weight is 383 g/mol. The maximum atomic E-state index is 12.7. The van der Waals surface area contributed by atoms with Crippen LogP contribution in [0.3, 0.4) is 0 Å². The van der Waals surface area contributed by atoms with Crippen LogP contribution >= 0.6 is 0 Å². The van der Waals surface area contributed by atoms with E-state index in [2.05, 4.69) is 34.9 Å². The quantitative estimate of drug-likeness (QED) is 0.742. The van der Waals surface area contributed by atoms with Crippen LogP contribution in [-0.2, 0) is 9.59 Å². The number of nitrogens with one attached hydrogen (secondary N) is 2. The highest BCUT2D eigenvalue weighted by atomic mass is 16.2. The van der Waals surface area contributed by atoms with Gasteiger partial charge in [0, 0.05) is 18.5 Å². The van der Waals surface area contributed by atoms with Gasteiger partial charge in [0.15, 0.2) is 0 Å². The van der Waals surface area contributed by atoms with Gasteiger partial charge in [0.2, 0.25) is 5.91 Å². The molecule has 3 aliphatic rings. The van der Waals surface area contributed by atoms with Crippen molar-refractivity contribution in [2.45, 2.75) is 63.5 Å². The SMILES string of the molecule is CCCN1C(=O)N[C@H](CC(=O)N[C@H]2[C@@H]3CCCC[C@H]3[C@@H]2c2ccccc2)C1=O. The number of carbonyl (C=O) groups excluding carboxylic acids is 3. The van der Waals surface area contributed by atoms with Crippen molar-refractivity contribution in [3.05, 3.63) is 35.9 Å². The Hall–Kier alpha value is -2.37. The van der Waals surface area contributed by atoms with Gasteiger partial charge < -0.3 is 10.6 Å². The fraction of sp³-hybridized carbons (Fsp3) is 0.591. The number of rotatable bonds is 6. The molecule has 4 amide bonds. The summed E-state index contributed by atoms with van der Waals surface area (Å²) in [4.78, 5) is 38.3. The van der Waals surface area contributed by atoms with Crippen molar-refractivity contribution in [3.63, 3.8) is 0 Å². The Balaban J connectivity index is 1.41. The Morgan fingerprint density at radius 2 is 1.86 bits per heavy atom. The molecule has 0 spiro atoms. The number of amides is 4. The molecule has 1 aromatic rings. The molecule has 1 aliphatic heterocycles. The maximum Gasteiger partial charge on any atom is 0.324 e. The summed E-state index contributed by atoms with van der Waals surface area (Å²) in [7, 11) is 0. The molecular formula is C22H29N3O3. The van der Waals surface area contributed by atoms with Gasteiger partial charge >= 0.3 is 6.03 Å². The van der Waals surface area contributed by atoms with Gasteiger partial charge in [-0.1, -0.05) is 50.1 Å². The zero-order valence-electron chi connectivity index (χ0n) is 16.4. The fourth-order valence-corrected chi connectivity index (χ4v) is 5.37. The van der Waals surface area contributed by atoms with E-state index in [1.165, 1.54) is 29.7 Å². The Bertz CT molecular complexity index is 751. The largest absolute Gasteiger partial charge is 0.352 e. The molecule has 2 N–H and O–H groups in total. The molecule has 1 heterocycles. The average Bonchev–Trinajstić information content (AvgIpc) is 2.95. The van der Waals surface area contributed by atoms with Crippen molar-refractivity contribution in [1.82, 2.24) is 15.5 Å². The summed E-state index contributed by atoms with van der Waals surface area (Å²) in [5.41, 5.74) is 1.29. The molecule has 1 saturated heterocycles. The Morgan fingerprint density at radius 1 is 1.14 bits per heavy atom. The summed E-state index contributed by atoms with van der Waals surface area (Å²) in [5, 5.41) is 5.87. The van der Waals surface area contributed by atoms with Crippen LogP contribution in [0, 0.1) is 11.8 Å². The molecule has 150 valence electrons. The van der Waals surface area contributed by atoms with E-state index < -0.39 is 6.04 Å². The molecule has 0 aromatic heterocycles. The Morgan fingerprint density at radius 3 is 2.57 bits per heavy atom. The van der Waals surface area contributed by atoms with Crippen LogP contribution in [0.1, 0.15) is 56.9 Å². The molecule has 0 bridgehead atoms. The number of nitrogens with zero attached hydrogens (tertiary/aromatic N) is 1. The zero-order chi connectivity index (χ0) is 19.7. The highest BCUT2D eigenvalue weighted by molar-refractivity contribution is 6.05. The number of hydrogen-bond acceptors (Lipinski definition) is 3. The predicted molar refractivity (Wildman–Crippen MR) is 106 cm³/mol. The third-order valence-electron chi connectivity index (χ3n) is 6.64. The van der Waals surface area contributed by atoms with Crippen molar-refractivity contribution >= 4 is 17.8 Å². The van der Waals surface area contributed by atoms with Gasteiger partial charge in [0.1, 0.15) is 6.04 Å². The molecule has 2 saturated carbocycles. The monoisotopic (exact) mass is 383 g/mol. The lowest BCUT2D eigenvalue weighted by molar-refractivity contribution is -0.132.